The first-order valence-electron chi connectivity index (χ1n) is 8.68. The molecule has 28 heavy (non-hydrogen) atoms. The topological polar surface area (TPSA) is 109 Å². The number of phenols is 2. The van der Waals surface area contributed by atoms with E-state index in [0.717, 1.165) is 0 Å². The van der Waals surface area contributed by atoms with Crippen LogP contribution in [0.25, 0.3) is 0 Å². The molecule has 0 radical (unpaired) electrons. The van der Waals surface area contributed by atoms with Gasteiger partial charge in [0.1, 0.15) is 11.5 Å². The molecule has 3 rings (SSSR count). The van der Waals surface area contributed by atoms with Crippen LogP contribution in [0.15, 0.2) is 60.2 Å². The van der Waals surface area contributed by atoms with Gasteiger partial charge < -0.3 is 34.6 Å². The lowest BCUT2D eigenvalue weighted by atomic mass is 9.65. The number of methoxy groups -OCH3 is 2. The van der Waals surface area contributed by atoms with Gasteiger partial charge in [0.25, 0.3) is 0 Å². The Labute approximate surface area is 163 Å². The SMILES string of the molecule is COC1=C(O)O[C@](C)(C(O)(c2ccccc2O)c2ccccc2O)[C@]1(C)OC. The molecule has 4 N–H and O–H groups in total. The molecule has 0 fully saturated rings. The van der Waals surface area contributed by atoms with Crippen LogP contribution in [0.1, 0.15) is 25.0 Å². The van der Waals surface area contributed by atoms with E-state index in [1.807, 2.05) is 0 Å². The summed E-state index contributed by atoms with van der Waals surface area (Å²) in [6.07, 6.45) is 0. The van der Waals surface area contributed by atoms with Crippen molar-refractivity contribution in [1.82, 2.24) is 0 Å². The third kappa shape index (κ3) is 2.36. The number of phenolic OH excluding ortho intramolecular Hbond substituents is 2. The first-order valence-corrected chi connectivity index (χ1v) is 8.68. The van der Waals surface area contributed by atoms with E-state index in [1.165, 1.54) is 45.4 Å². The number of hydrogen-bond donors (Lipinski definition) is 4. The Morgan fingerprint density at radius 2 is 1.32 bits per heavy atom. The van der Waals surface area contributed by atoms with Gasteiger partial charge >= 0.3 is 5.95 Å². The van der Waals surface area contributed by atoms with E-state index in [-0.39, 0.29) is 28.4 Å². The van der Waals surface area contributed by atoms with Crippen LogP contribution in [-0.4, -0.2) is 45.8 Å². The normalized spacial score (nSPS) is 24.9. The van der Waals surface area contributed by atoms with Crippen molar-refractivity contribution in [1.29, 1.82) is 0 Å². The average molecular weight is 388 g/mol. The summed E-state index contributed by atoms with van der Waals surface area (Å²) >= 11 is 0. The highest BCUT2D eigenvalue weighted by molar-refractivity contribution is 5.53. The zero-order valence-electron chi connectivity index (χ0n) is 16.1. The molecule has 0 bridgehead atoms. The summed E-state index contributed by atoms with van der Waals surface area (Å²) in [5.74, 6) is -1.02. The number of ether oxygens (including phenoxy) is 3. The van der Waals surface area contributed by atoms with E-state index < -0.39 is 22.7 Å². The molecule has 150 valence electrons. The number of aromatic hydroxyl groups is 2. The van der Waals surface area contributed by atoms with Crippen molar-refractivity contribution in [3.05, 3.63) is 71.4 Å². The minimum Gasteiger partial charge on any atom is -0.508 e. The standard InChI is InChI=1S/C21H24O7/c1-19(27-4)17(26-3)18(24)28-20(19,2)21(25,13-9-5-7-11-15(13)22)14-10-6-8-12-16(14)23/h5-12,22-25H,1-4H3/t19-,20+/m1/s1. The molecule has 0 spiro atoms. The van der Waals surface area contributed by atoms with E-state index in [0.29, 0.717) is 0 Å². The molecule has 0 aliphatic carbocycles. The van der Waals surface area contributed by atoms with Gasteiger partial charge in [0.2, 0.25) is 5.76 Å². The highest BCUT2D eigenvalue weighted by Gasteiger charge is 2.70. The second-order valence-electron chi connectivity index (χ2n) is 6.96. The molecule has 2 atom stereocenters. The van der Waals surface area contributed by atoms with E-state index in [1.54, 1.807) is 31.2 Å². The van der Waals surface area contributed by atoms with Crippen molar-refractivity contribution < 1.29 is 34.6 Å². The largest absolute Gasteiger partial charge is 0.508 e. The molecular formula is C21H24O7. The summed E-state index contributed by atoms with van der Waals surface area (Å²) in [5, 5.41) is 43.7. The molecule has 2 aromatic rings. The van der Waals surface area contributed by atoms with Crippen LogP contribution in [0, 0.1) is 0 Å². The molecule has 1 heterocycles. The summed E-state index contributed by atoms with van der Waals surface area (Å²) < 4.78 is 16.7. The first kappa shape index (κ1) is 19.9. The molecule has 1 aliphatic rings. The van der Waals surface area contributed by atoms with Gasteiger partial charge in [-0.2, -0.15) is 0 Å². The van der Waals surface area contributed by atoms with Crippen molar-refractivity contribution in [3.8, 4) is 11.5 Å². The lowest BCUT2D eigenvalue weighted by Crippen LogP contribution is -2.63. The Hall–Kier alpha value is -2.90. The predicted octanol–water partition coefficient (Wildman–Crippen LogP) is 2.90. The summed E-state index contributed by atoms with van der Waals surface area (Å²) in [6, 6.07) is 12.3. The molecule has 0 saturated carbocycles. The number of rotatable bonds is 5. The highest BCUT2D eigenvalue weighted by atomic mass is 16.7. The van der Waals surface area contributed by atoms with Crippen molar-refractivity contribution in [3.63, 3.8) is 0 Å². The fourth-order valence-corrected chi connectivity index (χ4v) is 3.96. The number of benzene rings is 2. The highest BCUT2D eigenvalue weighted by Crippen LogP contribution is 2.58. The van der Waals surface area contributed by atoms with Gasteiger partial charge in [-0.1, -0.05) is 36.4 Å². The van der Waals surface area contributed by atoms with Crippen molar-refractivity contribution in [2.45, 2.75) is 30.7 Å². The van der Waals surface area contributed by atoms with Crippen LogP contribution < -0.4 is 0 Å². The maximum atomic E-state index is 12.2. The maximum absolute atomic E-state index is 12.2. The van der Waals surface area contributed by atoms with E-state index >= 15 is 0 Å². The van der Waals surface area contributed by atoms with Gasteiger partial charge in [0.05, 0.1) is 7.11 Å². The van der Waals surface area contributed by atoms with Gasteiger partial charge in [-0.3, -0.25) is 0 Å². The van der Waals surface area contributed by atoms with Crippen molar-refractivity contribution in [2.24, 2.45) is 0 Å². The number of aliphatic hydroxyl groups is 2. The summed E-state index contributed by atoms with van der Waals surface area (Å²) in [6.45, 7) is 3.09. The lowest BCUT2D eigenvalue weighted by molar-refractivity contribution is -0.221. The van der Waals surface area contributed by atoms with Gasteiger partial charge in [-0.15, -0.1) is 0 Å². The third-order valence-electron chi connectivity index (χ3n) is 5.73. The molecule has 0 aromatic heterocycles. The van der Waals surface area contributed by atoms with Crippen LogP contribution in [-0.2, 0) is 19.8 Å². The van der Waals surface area contributed by atoms with E-state index in [9.17, 15) is 20.4 Å². The van der Waals surface area contributed by atoms with Crippen LogP contribution in [0.4, 0.5) is 0 Å². The minimum atomic E-state index is -2.15. The Balaban J connectivity index is 2.39. The van der Waals surface area contributed by atoms with Crippen molar-refractivity contribution in [2.75, 3.05) is 14.2 Å². The molecule has 7 nitrogen and oxygen atoms in total. The Kier molecular flexibility index (Phi) is 4.69. The smallest absolute Gasteiger partial charge is 0.320 e. The number of para-hydroxylation sites is 2. The van der Waals surface area contributed by atoms with Crippen LogP contribution >= 0.6 is 0 Å². The summed E-state index contributed by atoms with van der Waals surface area (Å²) in [4.78, 5) is 0. The van der Waals surface area contributed by atoms with Crippen LogP contribution in [0.3, 0.4) is 0 Å². The van der Waals surface area contributed by atoms with E-state index in [2.05, 4.69) is 0 Å². The lowest BCUT2D eigenvalue weighted by Gasteiger charge is -2.49. The predicted molar refractivity (Wildman–Crippen MR) is 101 cm³/mol. The fourth-order valence-electron chi connectivity index (χ4n) is 3.96. The van der Waals surface area contributed by atoms with Gasteiger partial charge in [-0.05, 0) is 26.0 Å². The summed E-state index contributed by atoms with van der Waals surface area (Å²) in [5.41, 5.74) is -5.25. The average Bonchev–Trinajstić information content (AvgIpc) is 2.88. The van der Waals surface area contributed by atoms with Crippen molar-refractivity contribution >= 4 is 0 Å². The molecular weight excluding hydrogens is 364 g/mol. The summed E-state index contributed by atoms with van der Waals surface area (Å²) in [7, 11) is 2.73. The fraction of sp³-hybridized carbons (Fsp3) is 0.333. The Bertz CT molecular complexity index is 877. The quantitative estimate of drug-likeness (QED) is 0.624. The minimum absolute atomic E-state index is 0.0261. The Morgan fingerprint density at radius 1 is 0.857 bits per heavy atom. The number of hydrogen-bond acceptors (Lipinski definition) is 7. The van der Waals surface area contributed by atoms with E-state index in [4.69, 9.17) is 14.2 Å². The monoisotopic (exact) mass is 388 g/mol. The zero-order valence-corrected chi connectivity index (χ0v) is 16.1. The third-order valence-corrected chi connectivity index (χ3v) is 5.73. The second-order valence-corrected chi connectivity index (χ2v) is 6.96. The molecule has 7 heteroatoms. The molecule has 0 amide bonds. The molecule has 2 aromatic carbocycles. The van der Waals surface area contributed by atoms with Crippen LogP contribution in [0.2, 0.25) is 0 Å². The van der Waals surface area contributed by atoms with Gasteiger partial charge in [0.15, 0.2) is 16.8 Å². The Morgan fingerprint density at radius 3 is 1.71 bits per heavy atom. The zero-order chi connectivity index (χ0) is 20.7. The first-order chi connectivity index (χ1) is 13.2. The van der Waals surface area contributed by atoms with Gasteiger partial charge in [-0.25, -0.2) is 0 Å². The molecule has 0 unspecified atom stereocenters. The second kappa shape index (κ2) is 6.61. The van der Waals surface area contributed by atoms with Gasteiger partial charge in [0, 0.05) is 18.2 Å². The number of aliphatic hydroxyl groups excluding tert-OH is 1. The molecule has 1 aliphatic heterocycles. The molecule has 0 saturated heterocycles. The maximum Gasteiger partial charge on any atom is 0.320 e. The van der Waals surface area contributed by atoms with Crippen LogP contribution in [0.5, 0.6) is 11.5 Å².